The molecule has 0 saturated heterocycles. The fourth-order valence-electron chi connectivity index (χ4n) is 4.24. The Labute approximate surface area is 133 Å². The van der Waals surface area contributed by atoms with Crippen LogP contribution < -0.4 is 0 Å². The maximum atomic E-state index is 6.84. The summed E-state index contributed by atoms with van der Waals surface area (Å²) in [4.78, 5) is 0. The molecule has 2 aliphatic rings. The monoisotopic (exact) mass is 330 g/mol. The molecule has 0 radical (unpaired) electrons. The lowest BCUT2D eigenvalue weighted by atomic mass is 10.0. The second-order valence-corrected chi connectivity index (χ2v) is 14.5. The lowest BCUT2D eigenvalue weighted by Gasteiger charge is -2.44. The normalized spacial score (nSPS) is 28.0. The molecule has 2 fully saturated rings. The molecular weight excluding hydrogens is 296 g/mol. The van der Waals surface area contributed by atoms with Crippen LogP contribution in [-0.2, 0) is 13.0 Å². The summed E-state index contributed by atoms with van der Waals surface area (Å²) in [5.41, 5.74) is 1.31. The van der Waals surface area contributed by atoms with E-state index in [2.05, 4.69) is 13.1 Å². The van der Waals surface area contributed by atoms with Gasteiger partial charge in [0.2, 0.25) is 0 Å². The lowest BCUT2D eigenvalue weighted by molar-refractivity contribution is 0.208. The molecule has 21 heavy (non-hydrogen) atoms. The largest absolute Gasteiger partial charge is 0.414 e. The van der Waals surface area contributed by atoms with Crippen molar-refractivity contribution in [1.29, 1.82) is 0 Å². The highest BCUT2D eigenvalue weighted by atomic mass is 28.5. The third kappa shape index (κ3) is 4.19. The molecular formula is C16H34O3Si2. The number of rotatable bonds is 6. The zero-order chi connectivity index (χ0) is 15.3. The molecule has 0 N–H and O–H groups in total. The smallest absolute Gasteiger partial charge is 0.329 e. The van der Waals surface area contributed by atoms with Crippen LogP contribution in [0, 0.1) is 0 Å². The van der Waals surface area contributed by atoms with Crippen molar-refractivity contribution < 1.29 is 13.0 Å². The van der Waals surface area contributed by atoms with Gasteiger partial charge in [-0.25, -0.2) is 0 Å². The van der Waals surface area contributed by atoms with Crippen LogP contribution >= 0.6 is 0 Å². The summed E-state index contributed by atoms with van der Waals surface area (Å²) in [6, 6.07) is 0. The standard InChI is InChI=1S/C16H34O3Si2/c1-17-20(3,15-11-7-5-8-12-15)19-21(4,18-2)16-13-9-6-10-14-16/h15-16H,5-14H2,1-4H3. The third-order valence-electron chi connectivity index (χ3n) is 5.91. The van der Waals surface area contributed by atoms with Gasteiger partial charge in [-0.1, -0.05) is 38.5 Å². The van der Waals surface area contributed by atoms with Crippen molar-refractivity contribution in [3.05, 3.63) is 0 Å². The van der Waals surface area contributed by atoms with Crippen molar-refractivity contribution in [1.82, 2.24) is 0 Å². The first-order valence-corrected chi connectivity index (χ1v) is 13.6. The highest BCUT2D eigenvalue weighted by Crippen LogP contribution is 2.44. The first-order valence-electron chi connectivity index (χ1n) is 8.84. The zero-order valence-corrected chi connectivity index (χ0v) is 16.5. The molecule has 5 heteroatoms. The van der Waals surface area contributed by atoms with Crippen LogP contribution in [0.25, 0.3) is 0 Å². The Kier molecular flexibility index (Phi) is 6.50. The van der Waals surface area contributed by atoms with E-state index >= 15 is 0 Å². The van der Waals surface area contributed by atoms with Gasteiger partial charge in [-0.05, 0) is 38.8 Å². The topological polar surface area (TPSA) is 27.7 Å². The van der Waals surface area contributed by atoms with Crippen molar-refractivity contribution in [2.75, 3.05) is 14.2 Å². The molecule has 0 spiro atoms. The van der Waals surface area contributed by atoms with E-state index in [1.165, 1.54) is 64.2 Å². The van der Waals surface area contributed by atoms with Crippen LogP contribution in [0.3, 0.4) is 0 Å². The van der Waals surface area contributed by atoms with Crippen LogP contribution in [0.5, 0.6) is 0 Å². The molecule has 124 valence electrons. The molecule has 3 nitrogen and oxygen atoms in total. The molecule has 2 atom stereocenters. The summed E-state index contributed by atoms with van der Waals surface area (Å²) >= 11 is 0. The first-order chi connectivity index (χ1) is 10.0. The molecule has 0 amide bonds. The van der Waals surface area contributed by atoms with Crippen molar-refractivity contribution in [2.45, 2.75) is 88.4 Å². The Morgan fingerprint density at radius 1 is 0.619 bits per heavy atom. The van der Waals surface area contributed by atoms with E-state index in [-0.39, 0.29) is 0 Å². The molecule has 2 rings (SSSR count). The van der Waals surface area contributed by atoms with E-state index in [0.717, 1.165) is 0 Å². The van der Waals surface area contributed by atoms with Crippen molar-refractivity contribution in [3.63, 3.8) is 0 Å². The first kappa shape index (κ1) is 17.7. The fourth-order valence-corrected chi connectivity index (χ4v) is 13.0. The van der Waals surface area contributed by atoms with E-state index in [1.54, 1.807) is 0 Å². The summed E-state index contributed by atoms with van der Waals surface area (Å²) < 4.78 is 18.9. The van der Waals surface area contributed by atoms with E-state index in [0.29, 0.717) is 11.1 Å². The van der Waals surface area contributed by atoms with Gasteiger partial charge in [0.1, 0.15) is 0 Å². The molecule has 2 aliphatic carbocycles. The van der Waals surface area contributed by atoms with E-state index < -0.39 is 17.1 Å². The average molecular weight is 331 g/mol. The molecule has 2 saturated carbocycles. The quantitative estimate of drug-likeness (QED) is 0.633. The van der Waals surface area contributed by atoms with Gasteiger partial charge in [-0.15, -0.1) is 0 Å². The second-order valence-electron chi connectivity index (χ2n) is 7.21. The van der Waals surface area contributed by atoms with Crippen LogP contribution in [0.4, 0.5) is 0 Å². The third-order valence-corrected chi connectivity index (χ3v) is 14.9. The number of hydrogen-bond donors (Lipinski definition) is 0. The molecule has 0 heterocycles. The zero-order valence-electron chi connectivity index (χ0n) is 14.5. The van der Waals surface area contributed by atoms with Gasteiger partial charge in [-0.2, -0.15) is 0 Å². The van der Waals surface area contributed by atoms with Crippen molar-refractivity contribution in [2.24, 2.45) is 0 Å². The molecule has 0 aliphatic heterocycles. The van der Waals surface area contributed by atoms with Gasteiger partial charge in [0.15, 0.2) is 0 Å². The summed E-state index contributed by atoms with van der Waals surface area (Å²) in [6.45, 7) is 4.58. The van der Waals surface area contributed by atoms with Gasteiger partial charge in [0.05, 0.1) is 0 Å². The summed E-state index contributed by atoms with van der Waals surface area (Å²) in [6.07, 6.45) is 13.3. The maximum Gasteiger partial charge on any atom is 0.329 e. The fraction of sp³-hybridized carbons (Fsp3) is 1.00. The number of hydrogen-bond acceptors (Lipinski definition) is 3. The Morgan fingerprint density at radius 2 is 0.952 bits per heavy atom. The Morgan fingerprint density at radius 3 is 1.24 bits per heavy atom. The molecule has 0 aromatic heterocycles. The predicted molar refractivity (Wildman–Crippen MR) is 92.0 cm³/mol. The minimum Gasteiger partial charge on any atom is -0.414 e. The Balaban J connectivity index is 2.08. The van der Waals surface area contributed by atoms with Gasteiger partial charge in [0, 0.05) is 25.3 Å². The van der Waals surface area contributed by atoms with Crippen LogP contribution in [0.1, 0.15) is 64.2 Å². The highest BCUT2D eigenvalue weighted by Gasteiger charge is 2.50. The summed E-state index contributed by atoms with van der Waals surface area (Å²) in [5.74, 6) is 0. The van der Waals surface area contributed by atoms with Crippen LogP contribution in [0.15, 0.2) is 0 Å². The molecule has 2 unspecified atom stereocenters. The minimum atomic E-state index is -2.13. The maximum absolute atomic E-state index is 6.84. The highest BCUT2D eigenvalue weighted by molar-refractivity contribution is 6.81. The Bertz CT molecular complexity index is 287. The van der Waals surface area contributed by atoms with Crippen LogP contribution in [0.2, 0.25) is 24.2 Å². The van der Waals surface area contributed by atoms with Crippen molar-refractivity contribution >= 4 is 17.1 Å². The van der Waals surface area contributed by atoms with Gasteiger partial charge in [0.25, 0.3) is 0 Å². The van der Waals surface area contributed by atoms with E-state index in [9.17, 15) is 0 Å². The summed E-state index contributed by atoms with van der Waals surface area (Å²) in [5, 5.41) is 0. The van der Waals surface area contributed by atoms with Gasteiger partial charge in [-0.3, -0.25) is 0 Å². The predicted octanol–water partition coefficient (Wildman–Crippen LogP) is 5.11. The van der Waals surface area contributed by atoms with Gasteiger partial charge < -0.3 is 13.0 Å². The molecule has 0 aromatic rings. The second kappa shape index (κ2) is 7.73. The average Bonchev–Trinajstić information content (AvgIpc) is 2.56. The molecule has 0 bridgehead atoms. The van der Waals surface area contributed by atoms with E-state index in [1.807, 2.05) is 14.2 Å². The molecule has 0 aromatic carbocycles. The minimum absolute atomic E-state index is 0.654. The van der Waals surface area contributed by atoms with E-state index in [4.69, 9.17) is 13.0 Å². The Hall–Kier alpha value is 0.314. The van der Waals surface area contributed by atoms with Crippen LogP contribution in [-0.4, -0.2) is 31.3 Å². The SMILES string of the molecule is CO[Si](C)(O[Si](C)(OC)C1CCCCC1)C1CCCCC1. The van der Waals surface area contributed by atoms with Crippen molar-refractivity contribution in [3.8, 4) is 0 Å². The summed E-state index contributed by atoms with van der Waals surface area (Å²) in [7, 11) is -0.518. The lowest BCUT2D eigenvalue weighted by Crippen LogP contribution is -2.56. The van der Waals surface area contributed by atoms with Gasteiger partial charge >= 0.3 is 17.1 Å².